The van der Waals surface area contributed by atoms with Crippen LogP contribution in [-0.4, -0.2) is 58.8 Å². The highest BCUT2D eigenvalue weighted by Crippen LogP contribution is 2.47. The number of carbonyl (C=O) groups excluding carboxylic acids is 3. The van der Waals surface area contributed by atoms with E-state index in [0.29, 0.717) is 12.8 Å². The van der Waals surface area contributed by atoms with Crippen molar-refractivity contribution >= 4 is 23.7 Å². The van der Waals surface area contributed by atoms with Crippen LogP contribution in [-0.2, 0) is 21.6 Å². The van der Waals surface area contributed by atoms with Crippen LogP contribution in [0.2, 0.25) is 0 Å². The minimum absolute atomic E-state index is 0.0310. The van der Waals surface area contributed by atoms with Crippen LogP contribution in [0, 0.1) is 23.3 Å². The van der Waals surface area contributed by atoms with Gasteiger partial charge in [-0.1, -0.05) is 6.07 Å². The summed E-state index contributed by atoms with van der Waals surface area (Å²) in [6.07, 6.45) is -1.51. The van der Waals surface area contributed by atoms with Crippen molar-refractivity contribution < 1.29 is 41.8 Å². The van der Waals surface area contributed by atoms with Crippen LogP contribution in [0.1, 0.15) is 48.9 Å². The molecule has 4 amide bonds. The van der Waals surface area contributed by atoms with Crippen LogP contribution in [0.5, 0.6) is 0 Å². The summed E-state index contributed by atoms with van der Waals surface area (Å²) in [5.41, 5.74) is -1.49. The van der Waals surface area contributed by atoms with Gasteiger partial charge in [-0.15, -0.1) is 0 Å². The highest BCUT2D eigenvalue weighted by molar-refractivity contribution is 6.04. The van der Waals surface area contributed by atoms with Crippen molar-refractivity contribution in [3.8, 4) is 0 Å². The van der Waals surface area contributed by atoms with E-state index in [1.165, 1.54) is 24.1 Å². The summed E-state index contributed by atoms with van der Waals surface area (Å²) in [4.78, 5) is 40.3. The fraction of sp³-hybridized carbons (Fsp3) is 0.423. The second-order valence-electron chi connectivity index (χ2n) is 9.94. The molecule has 0 aromatic heterocycles. The van der Waals surface area contributed by atoms with Crippen LogP contribution in [0.3, 0.4) is 0 Å². The summed E-state index contributed by atoms with van der Waals surface area (Å²) in [6, 6.07) is 2.78. The second-order valence-corrected chi connectivity index (χ2v) is 9.94. The molecule has 0 bridgehead atoms. The third-order valence-corrected chi connectivity index (χ3v) is 7.76. The van der Waals surface area contributed by atoms with Crippen LogP contribution >= 0.6 is 0 Å². The molecule has 3 N–H and O–H groups in total. The first-order chi connectivity index (χ1) is 18.5. The molecule has 2 fully saturated rings. The van der Waals surface area contributed by atoms with E-state index in [4.69, 9.17) is 4.74 Å². The number of urea groups is 1. The van der Waals surface area contributed by atoms with Gasteiger partial charge in [0.1, 0.15) is 12.0 Å². The Kier molecular flexibility index (Phi) is 6.75. The second kappa shape index (κ2) is 9.79. The number of carbonyl (C=O) groups is 3. The molecule has 0 radical (unpaired) electrons. The van der Waals surface area contributed by atoms with E-state index in [1.54, 1.807) is 6.92 Å². The minimum Gasteiger partial charge on any atom is -0.427 e. The number of amides is 4. The van der Waals surface area contributed by atoms with E-state index < -0.39 is 65.7 Å². The van der Waals surface area contributed by atoms with Crippen molar-refractivity contribution in [2.45, 2.75) is 56.5 Å². The molecule has 2 heterocycles. The fourth-order valence-electron chi connectivity index (χ4n) is 5.87. The zero-order valence-corrected chi connectivity index (χ0v) is 21.1. The standard InChI is InChI=1S/C26H26F4N4O5/c1-12-3-6-19(13-9-16(27)22(30)17(28)10-13)34(12)20(35)11-33-23(36)26(39-25(33)38)8-7-14-15(26)4-5-18(21(14)29)32-24(37)31-2/h4-5,9-10,12,19-20,35H,3,6-8,11H2,1-2H3,(H2,31,32,37)/t12-,19-,20?,26-/m0/s1. The maximum absolute atomic E-state index is 15.1. The Balaban J connectivity index is 1.38. The predicted octanol–water partition coefficient (Wildman–Crippen LogP) is 3.66. The van der Waals surface area contributed by atoms with Gasteiger partial charge < -0.3 is 20.5 Å². The highest BCUT2D eigenvalue weighted by atomic mass is 19.2. The van der Waals surface area contributed by atoms with Crippen molar-refractivity contribution in [1.29, 1.82) is 0 Å². The lowest BCUT2D eigenvalue weighted by Crippen LogP contribution is -2.49. The summed E-state index contributed by atoms with van der Waals surface area (Å²) in [7, 11) is 1.37. The minimum atomic E-state index is -1.78. The maximum atomic E-state index is 15.1. The van der Waals surface area contributed by atoms with E-state index in [1.807, 2.05) is 0 Å². The number of imide groups is 1. The first-order valence-corrected chi connectivity index (χ1v) is 12.4. The Bertz CT molecular complexity index is 1350. The Morgan fingerprint density at radius 3 is 2.51 bits per heavy atom. The number of β-amino-alcohol motifs (C(OH)–C–C–N with tert-alkyl or cyclic N) is 1. The SMILES string of the molecule is CNC(=O)Nc1ccc2c(c1F)CC[C@]21OC(=O)N(CC(O)N2[C@@H](C)CC[C@H]2c2cc(F)c(F)c(F)c2)C1=O. The van der Waals surface area contributed by atoms with Crippen LogP contribution in [0.4, 0.5) is 32.8 Å². The molecule has 1 aliphatic carbocycles. The predicted molar refractivity (Wildman–Crippen MR) is 128 cm³/mol. The molecule has 1 spiro atoms. The first-order valence-electron chi connectivity index (χ1n) is 12.4. The summed E-state index contributed by atoms with van der Waals surface area (Å²) >= 11 is 0. The Hall–Kier alpha value is -3.71. The number of nitrogens with one attached hydrogen (secondary N) is 2. The third-order valence-electron chi connectivity index (χ3n) is 7.76. The van der Waals surface area contributed by atoms with E-state index in [9.17, 15) is 32.7 Å². The van der Waals surface area contributed by atoms with Gasteiger partial charge in [-0.3, -0.25) is 9.69 Å². The number of fused-ring (bicyclic) bond motifs is 2. The lowest BCUT2D eigenvalue weighted by atomic mass is 9.94. The average Bonchev–Trinajstić information content (AvgIpc) is 3.54. The van der Waals surface area contributed by atoms with Crippen molar-refractivity contribution in [2.24, 2.45) is 0 Å². The van der Waals surface area contributed by atoms with E-state index >= 15 is 4.39 Å². The summed E-state index contributed by atoms with van der Waals surface area (Å²) < 4.78 is 62.0. The number of ether oxygens (including phenoxy) is 1. The van der Waals surface area contributed by atoms with Gasteiger partial charge in [0.25, 0.3) is 5.91 Å². The normalized spacial score (nSPS) is 25.3. The van der Waals surface area contributed by atoms with E-state index in [2.05, 4.69) is 10.6 Å². The molecule has 3 aliphatic rings. The Labute approximate surface area is 220 Å². The summed E-state index contributed by atoms with van der Waals surface area (Å²) in [5.74, 6) is -5.85. The number of halogens is 4. The van der Waals surface area contributed by atoms with Crippen LogP contribution in [0.15, 0.2) is 24.3 Å². The lowest BCUT2D eigenvalue weighted by molar-refractivity contribution is -0.140. The summed E-state index contributed by atoms with van der Waals surface area (Å²) in [6.45, 7) is 1.26. The number of rotatable bonds is 5. The molecule has 4 atom stereocenters. The average molecular weight is 551 g/mol. The van der Waals surface area contributed by atoms with Gasteiger partial charge in [0.2, 0.25) is 5.60 Å². The molecule has 2 aromatic carbocycles. The molecule has 1 unspecified atom stereocenters. The van der Waals surface area contributed by atoms with Crippen LogP contribution < -0.4 is 10.6 Å². The van der Waals surface area contributed by atoms with Gasteiger partial charge in [-0.2, -0.15) is 0 Å². The number of hydrogen-bond acceptors (Lipinski definition) is 6. The zero-order valence-electron chi connectivity index (χ0n) is 21.1. The van der Waals surface area contributed by atoms with Gasteiger partial charge in [0, 0.05) is 31.1 Å². The van der Waals surface area contributed by atoms with Gasteiger partial charge in [0.05, 0.1) is 12.2 Å². The maximum Gasteiger partial charge on any atom is 0.418 e. The number of benzene rings is 2. The smallest absolute Gasteiger partial charge is 0.418 e. The number of aliphatic hydroxyl groups excluding tert-OH is 1. The quantitative estimate of drug-likeness (QED) is 0.387. The van der Waals surface area contributed by atoms with Crippen LogP contribution in [0.25, 0.3) is 0 Å². The third kappa shape index (κ3) is 4.29. The largest absolute Gasteiger partial charge is 0.427 e. The Morgan fingerprint density at radius 1 is 1.15 bits per heavy atom. The molecule has 2 aromatic rings. The topological polar surface area (TPSA) is 111 Å². The first kappa shape index (κ1) is 26.9. The molecule has 0 saturated carbocycles. The molecule has 9 nitrogen and oxygen atoms in total. The van der Waals surface area contributed by atoms with Gasteiger partial charge in [-0.05, 0) is 55.5 Å². The number of hydrogen-bond donors (Lipinski definition) is 3. The van der Waals surface area contributed by atoms with Gasteiger partial charge in [0.15, 0.2) is 17.5 Å². The van der Waals surface area contributed by atoms with Crippen molar-refractivity contribution in [3.05, 3.63) is 64.2 Å². The zero-order chi connectivity index (χ0) is 28.2. The lowest BCUT2D eigenvalue weighted by Gasteiger charge is -2.34. The molecule has 39 heavy (non-hydrogen) atoms. The molecular formula is C26H26F4N4O5. The van der Waals surface area contributed by atoms with E-state index in [-0.39, 0.29) is 41.3 Å². The van der Waals surface area contributed by atoms with Gasteiger partial charge in [-0.25, -0.2) is 32.1 Å². The van der Waals surface area contributed by atoms with Crippen molar-refractivity contribution in [3.63, 3.8) is 0 Å². The fourth-order valence-corrected chi connectivity index (χ4v) is 5.87. The number of nitrogens with zero attached hydrogens (tertiary/aromatic N) is 2. The number of likely N-dealkylation sites (tertiary alicyclic amines) is 1. The molecule has 208 valence electrons. The highest BCUT2D eigenvalue weighted by Gasteiger charge is 2.59. The monoisotopic (exact) mass is 550 g/mol. The number of aliphatic hydroxyl groups is 1. The number of anilines is 1. The molecule has 13 heteroatoms. The molecule has 2 saturated heterocycles. The van der Waals surface area contributed by atoms with Crippen molar-refractivity contribution in [2.75, 3.05) is 18.9 Å². The molecular weight excluding hydrogens is 524 g/mol. The molecule has 2 aliphatic heterocycles. The molecule has 5 rings (SSSR count). The van der Waals surface area contributed by atoms with Gasteiger partial charge >= 0.3 is 12.1 Å². The Morgan fingerprint density at radius 2 is 1.85 bits per heavy atom. The van der Waals surface area contributed by atoms with E-state index in [0.717, 1.165) is 17.0 Å². The summed E-state index contributed by atoms with van der Waals surface area (Å²) in [5, 5.41) is 15.8. The van der Waals surface area contributed by atoms with Crippen molar-refractivity contribution in [1.82, 2.24) is 15.1 Å².